The zero-order valence-electron chi connectivity index (χ0n) is 8.82. The van der Waals surface area contributed by atoms with Crippen molar-refractivity contribution in [1.82, 2.24) is 0 Å². The van der Waals surface area contributed by atoms with E-state index in [0.29, 0.717) is 17.9 Å². The van der Waals surface area contributed by atoms with Crippen LogP contribution in [0.4, 0.5) is 5.69 Å². The summed E-state index contributed by atoms with van der Waals surface area (Å²) in [5.74, 6) is -0.494. The molecule has 0 aromatic heterocycles. The molecule has 1 aliphatic rings. The summed E-state index contributed by atoms with van der Waals surface area (Å²) in [7, 11) is 0. The summed E-state index contributed by atoms with van der Waals surface area (Å²) in [5.41, 5.74) is 3.12. The van der Waals surface area contributed by atoms with Gasteiger partial charge in [0.15, 0.2) is 0 Å². The van der Waals surface area contributed by atoms with E-state index in [1.165, 1.54) is 0 Å². The fourth-order valence-corrected chi connectivity index (χ4v) is 1.77. The minimum Gasteiger partial charge on any atom is -0.478 e. The van der Waals surface area contributed by atoms with E-state index in [0.717, 1.165) is 17.0 Å². The molecular weight excluding hydrogens is 190 g/mol. The van der Waals surface area contributed by atoms with Gasteiger partial charge in [-0.3, -0.25) is 4.99 Å². The summed E-state index contributed by atoms with van der Waals surface area (Å²) in [5, 5.41) is 9.02. The average molecular weight is 203 g/mol. The number of aromatic carboxylic acids is 1. The van der Waals surface area contributed by atoms with Crippen LogP contribution >= 0.6 is 0 Å². The van der Waals surface area contributed by atoms with Gasteiger partial charge >= 0.3 is 5.97 Å². The Morgan fingerprint density at radius 1 is 1.47 bits per heavy atom. The van der Waals surface area contributed by atoms with E-state index in [9.17, 15) is 4.79 Å². The first kappa shape index (κ1) is 9.90. The fraction of sp³-hybridized carbons (Fsp3) is 0.333. The van der Waals surface area contributed by atoms with E-state index in [-0.39, 0.29) is 0 Å². The highest BCUT2D eigenvalue weighted by Gasteiger charge is 2.22. The number of hydrogen-bond acceptors (Lipinski definition) is 2. The summed E-state index contributed by atoms with van der Waals surface area (Å²) in [6.07, 6.45) is 0.676. The third-order valence-corrected chi connectivity index (χ3v) is 2.67. The highest BCUT2D eigenvalue weighted by atomic mass is 16.4. The predicted molar refractivity (Wildman–Crippen MR) is 59.0 cm³/mol. The lowest BCUT2D eigenvalue weighted by atomic mass is 9.98. The van der Waals surface area contributed by atoms with Crippen LogP contribution in [0.15, 0.2) is 23.2 Å². The maximum Gasteiger partial charge on any atom is 0.336 e. The summed E-state index contributed by atoms with van der Waals surface area (Å²) in [6.45, 7) is 4.15. The van der Waals surface area contributed by atoms with Crippen LogP contribution in [-0.4, -0.2) is 16.8 Å². The molecule has 3 nitrogen and oxygen atoms in total. The maximum absolute atomic E-state index is 11.0. The monoisotopic (exact) mass is 203 g/mol. The Bertz CT molecular complexity index is 447. The smallest absolute Gasteiger partial charge is 0.336 e. The molecular formula is C12H13NO2. The molecule has 1 aromatic rings. The van der Waals surface area contributed by atoms with Gasteiger partial charge in [0.2, 0.25) is 0 Å². The number of benzene rings is 1. The number of nitrogens with zero attached hydrogens (tertiary/aromatic N) is 1. The Morgan fingerprint density at radius 3 is 2.80 bits per heavy atom. The molecule has 0 spiro atoms. The lowest BCUT2D eigenvalue weighted by Gasteiger charge is -2.04. The van der Waals surface area contributed by atoms with Crippen LogP contribution in [0.3, 0.4) is 0 Å². The predicted octanol–water partition coefficient (Wildman–Crippen LogP) is 2.67. The van der Waals surface area contributed by atoms with E-state index >= 15 is 0 Å². The Kier molecular flexibility index (Phi) is 2.31. The molecule has 15 heavy (non-hydrogen) atoms. The van der Waals surface area contributed by atoms with Gasteiger partial charge in [-0.2, -0.15) is 0 Å². The van der Waals surface area contributed by atoms with Gasteiger partial charge in [0.1, 0.15) is 0 Å². The van der Waals surface area contributed by atoms with Crippen molar-refractivity contribution in [1.29, 1.82) is 0 Å². The topological polar surface area (TPSA) is 49.7 Å². The minimum atomic E-state index is -0.868. The number of carboxylic acid groups (broad SMARTS) is 1. The first-order chi connectivity index (χ1) is 7.09. The third kappa shape index (κ3) is 1.65. The molecule has 0 amide bonds. The molecule has 1 aromatic carbocycles. The molecule has 2 rings (SSSR count). The first-order valence-corrected chi connectivity index (χ1v) is 5.02. The molecule has 78 valence electrons. The fourth-order valence-electron chi connectivity index (χ4n) is 1.77. The van der Waals surface area contributed by atoms with Crippen molar-refractivity contribution in [3.05, 3.63) is 29.3 Å². The lowest BCUT2D eigenvalue weighted by Crippen LogP contribution is -2.09. The van der Waals surface area contributed by atoms with Crippen LogP contribution in [0.25, 0.3) is 0 Å². The SMILES string of the molecule is CC(C)C1=Nc2cccc(C(=O)O)c2C1. The second-order valence-electron chi connectivity index (χ2n) is 4.04. The number of carboxylic acids is 1. The van der Waals surface area contributed by atoms with E-state index in [1.54, 1.807) is 12.1 Å². The average Bonchev–Trinajstić information content (AvgIpc) is 2.60. The molecule has 0 radical (unpaired) electrons. The first-order valence-electron chi connectivity index (χ1n) is 5.02. The van der Waals surface area contributed by atoms with E-state index < -0.39 is 5.97 Å². The highest BCUT2D eigenvalue weighted by molar-refractivity contribution is 6.00. The van der Waals surface area contributed by atoms with Crippen molar-refractivity contribution >= 4 is 17.4 Å². The summed E-state index contributed by atoms with van der Waals surface area (Å²) >= 11 is 0. The third-order valence-electron chi connectivity index (χ3n) is 2.67. The largest absolute Gasteiger partial charge is 0.478 e. The van der Waals surface area contributed by atoms with Gasteiger partial charge in [-0.25, -0.2) is 4.79 Å². The Hall–Kier alpha value is -1.64. The van der Waals surface area contributed by atoms with Gasteiger partial charge in [0.25, 0.3) is 0 Å². The van der Waals surface area contributed by atoms with Gasteiger partial charge in [-0.05, 0) is 23.6 Å². The zero-order valence-corrected chi connectivity index (χ0v) is 8.82. The van der Waals surface area contributed by atoms with Gasteiger partial charge in [-0.15, -0.1) is 0 Å². The van der Waals surface area contributed by atoms with Crippen molar-refractivity contribution < 1.29 is 9.90 Å². The highest BCUT2D eigenvalue weighted by Crippen LogP contribution is 2.31. The molecule has 1 N–H and O–H groups in total. The molecule has 1 heterocycles. The number of carbonyl (C=O) groups is 1. The zero-order chi connectivity index (χ0) is 11.0. The number of fused-ring (bicyclic) bond motifs is 1. The normalized spacial score (nSPS) is 13.9. The van der Waals surface area contributed by atoms with E-state index in [1.807, 2.05) is 6.07 Å². The molecule has 0 bridgehead atoms. The summed E-state index contributed by atoms with van der Waals surface area (Å²) in [6, 6.07) is 5.26. The second kappa shape index (κ2) is 3.50. The Morgan fingerprint density at radius 2 is 2.20 bits per heavy atom. The molecule has 0 fully saturated rings. The van der Waals surface area contributed by atoms with Crippen LogP contribution in [-0.2, 0) is 6.42 Å². The van der Waals surface area contributed by atoms with Gasteiger partial charge in [0, 0.05) is 12.1 Å². The lowest BCUT2D eigenvalue weighted by molar-refractivity contribution is 0.0696. The van der Waals surface area contributed by atoms with Crippen molar-refractivity contribution in [2.24, 2.45) is 10.9 Å². The number of hydrogen-bond donors (Lipinski definition) is 1. The maximum atomic E-state index is 11.0. The Labute approximate surface area is 88.5 Å². The molecule has 0 saturated carbocycles. The van der Waals surface area contributed by atoms with Crippen LogP contribution < -0.4 is 0 Å². The van der Waals surface area contributed by atoms with Crippen LogP contribution in [0.5, 0.6) is 0 Å². The van der Waals surface area contributed by atoms with Crippen LogP contribution in [0, 0.1) is 5.92 Å². The van der Waals surface area contributed by atoms with Gasteiger partial charge < -0.3 is 5.11 Å². The van der Waals surface area contributed by atoms with Crippen molar-refractivity contribution in [3.8, 4) is 0 Å². The van der Waals surface area contributed by atoms with Crippen molar-refractivity contribution in [2.75, 3.05) is 0 Å². The number of aliphatic imine (C=N–C) groups is 1. The number of rotatable bonds is 2. The van der Waals surface area contributed by atoms with Gasteiger partial charge in [-0.1, -0.05) is 19.9 Å². The van der Waals surface area contributed by atoms with Gasteiger partial charge in [0.05, 0.1) is 11.3 Å². The Balaban J connectivity index is 2.45. The second-order valence-corrected chi connectivity index (χ2v) is 4.04. The van der Waals surface area contributed by atoms with Crippen molar-refractivity contribution in [3.63, 3.8) is 0 Å². The minimum absolute atomic E-state index is 0.374. The molecule has 3 heteroatoms. The van der Waals surface area contributed by atoms with Crippen LogP contribution in [0.1, 0.15) is 29.8 Å². The standard InChI is InChI=1S/C12H13NO2/c1-7(2)11-6-9-8(12(14)15)4-3-5-10(9)13-11/h3-5,7H,6H2,1-2H3,(H,14,15). The summed E-state index contributed by atoms with van der Waals surface area (Å²) in [4.78, 5) is 15.4. The quantitative estimate of drug-likeness (QED) is 0.803. The molecule has 0 unspecified atom stereocenters. The summed E-state index contributed by atoms with van der Waals surface area (Å²) < 4.78 is 0. The molecule has 0 saturated heterocycles. The molecule has 1 aliphatic heterocycles. The molecule has 0 aliphatic carbocycles. The van der Waals surface area contributed by atoms with E-state index in [4.69, 9.17) is 5.11 Å². The van der Waals surface area contributed by atoms with Crippen LogP contribution in [0.2, 0.25) is 0 Å². The van der Waals surface area contributed by atoms with Crippen molar-refractivity contribution in [2.45, 2.75) is 20.3 Å². The molecule has 0 atom stereocenters. The van der Waals surface area contributed by atoms with E-state index in [2.05, 4.69) is 18.8 Å².